The van der Waals surface area contributed by atoms with Gasteiger partial charge in [-0.3, -0.25) is 48.3 Å². The Morgan fingerprint density at radius 2 is 1.12 bits per heavy atom. The number of carbonyl (C=O) groups is 9. The first-order chi connectivity index (χ1) is 37.7. The number of thioether (sulfide) groups is 1. The summed E-state index contributed by atoms with van der Waals surface area (Å²) >= 11 is 1.35. The number of amides is 8. The van der Waals surface area contributed by atoms with E-state index in [2.05, 4.69) is 62.5 Å². The van der Waals surface area contributed by atoms with E-state index in [0.717, 1.165) is 0 Å². The highest BCUT2D eigenvalue weighted by atomic mass is 32.2. The Bertz CT molecular complexity index is 2380. The molecule has 8 amide bonds. The van der Waals surface area contributed by atoms with Crippen LogP contribution in [-0.4, -0.2) is 177 Å². The summed E-state index contributed by atoms with van der Waals surface area (Å²) in [5.74, 6) is -8.41. The van der Waals surface area contributed by atoms with Crippen LogP contribution in [0.2, 0.25) is 0 Å². The fraction of sp³-hybridized carbons (Fsp3) is 0.600. The van der Waals surface area contributed by atoms with Gasteiger partial charge < -0.3 is 91.5 Å². The number of hydrogen-bond acceptors (Lipinski definition) is 16. The van der Waals surface area contributed by atoms with Gasteiger partial charge in [0.2, 0.25) is 47.3 Å². The first kappa shape index (κ1) is 68.4. The van der Waals surface area contributed by atoms with Crippen LogP contribution in [0.4, 0.5) is 0 Å². The number of aliphatic hydroxyl groups excluding tert-OH is 1. The number of carbonyl (C=O) groups excluding carboxylic acids is 8. The van der Waals surface area contributed by atoms with Crippen LogP contribution in [-0.2, 0) is 56.0 Å². The van der Waals surface area contributed by atoms with Crippen molar-refractivity contribution in [2.45, 2.75) is 147 Å². The van der Waals surface area contributed by atoms with E-state index in [-0.39, 0.29) is 94.0 Å². The Labute approximate surface area is 469 Å². The molecule has 80 heavy (non-hydrogen) atoms. The minimum Gasteiger partial charge on any atom is -0.508 e. The Balaban J connectivity index is 2.38. The lowest BCUT2D eigenvalue weighted by Crippen LogP contribution is -2.61. The van der Waals surface area contributed by atoms with Crippen LogP contribution in [0.1, 0.15) is 90.8 Å². The number of aromatic nitrogens is 2. The lowest BCUT2D eigenvalue weighted by Gasteiger charge is -2.28. The number of H-pyrrole nitrogens is 1. The van der Waals surface area contributed by atoms with E-state index in [0.29, 0.717) is 23.4 Å². The fourth-order valence-corrected chi connectivity index (χ4v) is 8.25. The number of phenols is 1. The van der Waals surface area contributed by atoms with Gasteiger partial charge in [-0.1, -0.05) is 39.8 Å². The summed E-state index contributed by atoms with van der Waals surface area (Å²) in [5.41, 5.74) is 28.5. The van der Waals surface area contributed by atoms with Crippen LogP contribution in [0.3, 0.4) is 0 Å². The highest BCUT2D eigenvalue weighted by Gasteiger charge is 2.36. The second kappa shape index (κ2) is 35.7. The highest BCUT2D eigenvalue weighted by Crippen LogP contribution is 2.14. The molecule has 0 saturated carbocycles. The zero-order valence-corrected chi connectivity index (χ0v) is 47.0. The molecule has 2 rings (SSSR count). The number of nitrogens with one attached hydrogen (secondary N) is 9. The molecule has 0 fully saturated rings. The van der Waals surface area contributed by atoms with Crippen LogP contribution >= 0.6 is 11.8 Å². The number of phenolic OH excluding ortho intramolecular Hbond substituents is 1. The number of benzene rings is 1. The van der Waals surface area contributed by atoms with Crippen molar-refractivity contribution in [3.8, 4) is 5.75 Å². The van der Waals surface area contributed by atoms with Crippen molar-refractivity contribution in [3.05, 3.63) is 48.0 Å². The zero-order chi connectivity index (χ0) is 60.1. The van der Waals surface area contributed by atoms with Crippen LogP contribution in [0.15, 0.2) is 46.8 Å². The smallest absolute Gasteiger partial charge is 0.326 e. The van der Waals surface area contributed by atoms with Crippen molar-refractivity contribution in [3.63, 3.8) is 0 Å². The van der Waals surface area contributed by atoms with Crippen molar-refractivity contribution in [2.24, 2.45) is 50.5 Å². The number of imidazole rings is 1. The maximum absolute atomic E-state index is 14.3. The van der Waals surface area contributed by atoms with Crippen LogP contribution in [0.25, 0.3) is 0 Å². The average Bonchev–Trinajstić information content (AvgIpc) is 3.90. The maximum atomic E-state index is 14.3. The molecule has 0 aliphatic carbocycles. The van der Waals surface area contributed by atoms with Gasteiger partial charge in [0.15, 0.2) is 11.9 Å². The number of hydrogen-bond donors (Lipinski definition) is 17. The number of aromatic amines is 1. The minimum absolute atomic E-state index is 0.0261. The van der Waals surface area contributed by atoms with E-state index in [1.165, 1.54) is 55.5 Å². The number of aromatic hydroxyl groups is 1. The maximum Gasteiger partial charge on any atom is 0.326 e. The summed E-state index contributed by atoms with van der Waals surface area (Å²) in [7, 11) is 0. The molecule has 9 unspecified atom stereocenters. The summed E-state index contributed by atoms with van der Waals surface area (Å²) in [6, 6.07) is -5.01. The van der Waals surface area contributed by atoms with Crippen molar-refractivity contribution in [1.82, 2.24) is 52.5 Å². The molecule has 0 bridgehead atoms. The van der Waals surface area contributed by atoms with E-state index in [1.54, 1.807) is 34.0 Å². The average molecular weight is 1150 g/mol. The summed E-state index contributed by atoms with van der Waals surface area (Å²) < 4.78 is 0. The molecule has 29 nitrogen and oxygen atoms in total. The van der Waals surface area contributed by atoms with Gasteiger partial charge in [-0.25, -0.2) is 9.78 Å². The first-order valence-corrected chi connectivity index (χ1v) is 27.5. The SMILES string of the molecule is CSCCC(NC(=O)C(CC(C)C)NC(=O)C(Cc1cnc[nH]1)NC(=O)CNC(=O)C(CCCN=C(N)N)NC(=O)C(N)CCCN=C(N)N)C(=O)NC(Cc1ccc(O)cc1)C(=O)NC(C(=O)NC(CC(C)C)C(=O)O)C(C)O. The predicted molar refractivity (Wildman–Crippen MR) is 300 cm³/mol. The van der Waals surface area contributed by atoms with Gasteiger partial charge in [-0.05, 0) is 93.4 Å². The van der Waals surface area contributed by atoms with E-state index < -0.39 is 114 Å². The fourth-order valence-electron chi connectivity index (χ4n) is 7.78. The number of nitrogens with two attached hydrogens (primary N) is 5. The Kier molecular flexibility index (Phi) is 30.5. The van der Waals surface area contributed by atoms with E-state index in [9.17, 15) is 58.5 Å². The third kappa shape index (κ3) is 26.8. The Morgan fingerprint density at radius 3 is 1.68 bits per heavy atom. The van der Waals surface area contributed by atoms with Crippen LogP contribution < -0.4 is 71.2 Å². The molecule has 1 heterocycles. The molecule has 446 valence electrons. The lowest BCUT2D eigenvalue weighted by molar-refractivity contribution is -0.143. The van der Waals surface area contributed by atoms with E-state index in [1.807, 2.05) is 0 Å². The number of aliphatic imine (C=N–C) groups is 2. The first-order valence-electron chi connectivity index (χ1n) is 26.1. The highest BCUT2D eigenvalue weighted by molar-refractivity contribution is 7.98. The molecule has 30 heteroatoms. The predicted octanol–water partition coefficient (Wildman–Crippen LogP) is -3.84. The van der Waals surface area contributed by atoms with Gasteiger partial charge in [0.25, 0.3) is 0 Å². The Morgan fingerprint density at radius 1 is 0.625 bits per heavy atom. The third-order valence-electron chi connectivity index (χ3n) is 11.9. The third-order valence-corrected chi connectivity index (χ3v) is 12.6. The molecule has 0 aliphatic rings. The molecule has 2 aromatic rings. The van der Waals surface area contributed by atoms with Gasteiger partial charge >= 0.3 is 5.97 Å². The number of rotatable bonds is 37. The van der Waals surface area contributed by atoms with Gasteiger partial charge in [-0.15, -0.1) is 0 Å². The monoisotopic (exact) mass is 1150 g/mol. The molecular formula is C50H83N17O12S. The van der Waals surface area contributed by atoms with Crippen LogP contribution in [0.5, 0.6) is 5.75 Å². The summed E-state index contributed by atoms with van der Waals surface area (Å²) in [5, 5.41) is 50.8. The quantitative estimate of drug-likeness (QED) is 0.0175. The molecule has 0 aliphatic heterocycles. The minimum atomic E-state index is -1.67. The summed E-state index contributed by atoms with van der Waals surface area (Å²) in [6.07, 6.45) is 3.57. The van der Waals surface area contributed by atoms with Crippen molar-refractivity contribution in [1.29, 1.82) is 0 Å². The topological polar surface area (TPSA) is 494 Å². The van der Waals surface area contributed by atoms with Gasteiger partial charge in [0.05, 0.1) is 25.0 Å². The number of guanidine groups is 2. The Hall–Kier alpha value is -7.73. The molecule has 0 spiro atoms. The van der Waals surface area contributed by atoms with Gasteiger partial charge in [0.1, 0.15) is 48.0 Å². The number of carboxylic acids is 1. The van der Waals surface area contributed by atoms with Crippen molar-refractivity contribution in [2.75, 3.05) is 31.6 Å². The number of carboxylic acid groups (broad SMARTS) is 1. The lowest BCUT2D eigenvalue weighted by atomic mass is 10.0. The number of nitrogens with zero attached hydrogens (tertiary/aromatic N) is 3. The second-order valence-electron chi connectivity index (χ2n) is 19.9. The standard InChI is InChI=1S/C50H83N17O12S/c1-26(2)19-35(64-45(75)37(22-30-23-56-25-60-30)61-39(70)24-59-42(72)33(10-8-17-58-50(54)55)62-41(71)32(51)9-7-16-57-49(52)53)44(74)63-34(15-18-80-6)43(73)65-36(21-29-11-13-31(69)14-12-29)46(76)67-40(28(5)68)47(77)66-38(48(78)79)20-27(3)4/h11-14,23,25-28,32-38,40,68-69H,7-10,15-22,24,51H2,1-6H3,(H,56,60)(H,59,72)(H,61,70)(H,62,71)(H,63,74)(H,64,75)(H,65,73)(H,66,77)(H,67,76)(H,78,79)(H4,52,53,57)(H4,54,55,58). The summed E-state index contributed by atoms with van der Waals surface area (Å²) in [6.45, 7) is 7.97. The molecule has 0 radical (unpaired) electrons. The molecule has 1 aromatic carbocycles. The molecule has 9 atom stereocenters. The molecule has 0 saturated heterocycles. The van der Waals surface area contributed by atoms with Gasteiger partial charge in [0, 0.05) is 37.8 Å². The number of aliphatic carboxylic acids is 1. The normalized spacial score (nSPS) is 14.5. The largest absolute Gasteiger partial charge is 0.508 e. The molecule has 22 N–H and O–H groups in total. The van der Waals surface area contributed by atoms with E-state index >= 15 is 0 Å². The van der Waals surface area contributed by atoms with Crippen LogP contribution in [0, 0.1) is 11.8 Å². The molecular weight excluding hydrogens is 1060 g/mol. The second-order valence-corrected chi connectivity index (χ2v) is 20.9. The van der Waals surface area contributed by atoms with E-state index in [4.69, 9.17) is 28.7 Å². The number of aliphatic hydroxyl groups is 1. The van der Waals surface area contributed by atoms with Crippen molar-refractivity contribution >= 4 is 76.9 Å². The van der Waals surface area contributed by atoms with Crippen molar-refractivity contribution < 1.29 is 58.5 Å². The zero-order valence-electron chi connectivity index (χ0n) is 46.2. The molecule has 1 aromatic heterocycles. The van der Waals surface area contributed by atoms with Gasteiger partial charge in [-0.2, -0.15) is 11.8 Å². The summed E-state index contributed by atoms with van der Waals surface area (Å²) in [4.78, 5) is 137.